The van der Waals surface area contributed by atoms with Gasteiger partial charge in [-0.15, -0.1) is 0 Å². The fourth-order valence-corrected chi connectivity index (χ4v) is 0.858. The van der Waals surface area contributed by atoms with E-state index in [0.717, 1.165) is 0 Å². The minimum Gasteiger partial charge on any atom is -0.459 e. The Morgan fingerprint density at radius 1 is 1.29 bits per heavy atom. The predicted molar refractivity (Wildman–Crippen MR) is 58.1 cm³/mol. The van der Waals surface area contributed by atoms with Crippen molar-refractivity contribution in [2.24, 2.45) is 5.92 Å². The van der Waals surface area contributed by atoms with E-state index in [1.54, 1.807) is 0 Å². The van der Waals surface area contributed by atoms with Gasteiger partial charge in [0.2, 0.25) is 0 Å². The molecule has 84 valence electrons. The molecular weight excluding hydrogens is 178 g/mol. The molecule has 0 radical (unpaired) electrons. The van der Waals surface area contributed by atoms with Gasteiger partial charge in [0, 0.05) is 6.04 Å². The Balaban J connectivity index is 3.75. The first kappa shape index (κ1) is 13.4. The zero-order valence-corrected chi connectivity index (χ0v) is 10.2. The van der Waals surface area contributed by atoms with Crippen molar-refractivity contribution in [3.05, 3.63) is 0 Å². The van der Waals surface area contributed by atoms with Crippen LogP contribution in [0.1, 0.15) is 41.5 Å². The second-order valence-electron chi connectivity index (χ2n) is 5.00. The van der Waals surface area contributed by atoms with Gasteiger partial charge in [0.15, 0.2) is 0 Å². The molecule has 0 saturated heterocycles. The SMILES string of the molecule is CC(C)C(C)NCC(=O)OC(C)(C)C. The molecule has 1 N–H and O–H groups in total. The summed E-state index contributed by atoms with van der Waals surface area (Å²) in [5, 5.41) is 3.13. The van der Waals surface area contributed by atoms with Crippen molar-refractivity contribution >= 4 is 5.97 Å². The van der Waals surface area contributed by atoms with Gasteiger partial charge in [0.25, 0.3) is 0 Å². The third kappa shape index (κ3) is 6.89. The molecule has 3 heteroatoms. The van der Waals surface area contributed by atoms with Gasteiger partial charge in [-0.2, -0.15) is 0 Å². The van der Waals surface area contributed by atoms with Crippen LogP contribution in [-0.4, -0.2) is 24.2 Å². The molecule has 3 nitrogen and oxygen atoms in total. The average Bonchev–Trinajstić information content (AvgIpc) is 1.96. The van der Waals surface area contributed by atoms with Crippen LogP contribution >= 0.6 is 0 Å². The molecule has 0 fully saturated rings. The molecule has 0 aliphatic carbocycles. The number of esters is 1. The third-order valence-corrected chi connectivity index (χ3v) is 1.99. The zero-order valence-electron chi connectivity index (χ0n) is 10.2. The molecule has 1 unspecified atom stereocenters. The lowest BCUT2D eigenvalue weighted by Crippen LogP contribution is -2.38. The standard InChI is InChI=1S/C11H23NO2/c1-8(2)9(3)12-7-10(13)14-11(4,5)6/h8-9,12H,7H2,1-6H3. The molecule has 0 spiro atoms. The highest BCUT2D eigenvalue weighted by molar-refractivity contribution is 5.72. The van der Waals surface area contributed by atoms with Gasteiger partial charge < -0.3 is 10.1 Å². The lowest BCUT2D eigenvalue weighted by molar-refractivity contribution is -0.153. The zero-order chi connectivity index (χ0) is 11.4. The Labute approximate surface area is 87.2 Å². The second-order valence-corrected chi connectivity index (χ2v) is 5.00. The summed E-state index contributed by atoms with van der Waals surface area (Å²) in [6.07, 6.45) is 0. The Morgan fingerprint density at radius 3 is 2.14 bits per heavy atom. The van der Waals surface area contributed by atoms with Gasteiger partial charge in [0.1, 0.15) is 5.60 Å². The number of carbonyl (C=O) groups is 1. The third-order valence-electron chi connectivity index (χ3n) is 1.99. The first-order valence-electron chi connectivity index (χ1n) is 5.17. The van der Waals surface area contributed by atoms with Gasteiger partial charge in [-0.25, -0.2) is 0 Å². The van der Waals surface area contributed by atoms with Gasteiger partial charge in [-0.05, 0) is 33.6 Å². The highest BCUT2D eigenvalue weighted by Crippen LogP contribution is 2.06. The molecule has 0 aliphatic heterocycles. The summed E-state index contributed by atoms with van der Waals surface area (Å²) in [5.74, 6) is 0.336. The monoisotopic (exact) mass is 201 g/mol. The average molecular weight is 201 g/mol. The van der Waals surface area contributed by atoms with E-state index in [1.165, 1.54) is 0 Å². The topological polar surface area (TPSA) is 38.3 Å². The van der Waals surface area contributed by atoms with E-state index in [4.69, 9.17) is 4.74 Å². The van der Waals surface area contributed by atoms with Crippen LogP contribution in [0.2, 0.25) is 0 Å². The summed E-state index contributed by atoms with van der Waals surface area (Å²) in [6, 6.07) is 0.336. The number of hydrogen-bond acceptors (Lipinski definition) is 3. The van der Waals surface area contributed by atoms with E-state index in [-0.39, 0.29) is 18.1 Å². The van der Waals surface area contributed by atoms with Gasteiger partial charge >= 0.3 is 5.97 Å². The normalized spacial score (nSPS) is 14.2. The Morgan fingerprint density at radius 2 is 1.79 bits per heavy atom. The van der Waals surface area contributed by atoms with Crippen LogP contribution in [0.15, 0.2) is 0 Å². The molecule has 0 aromatic carbocycles. The van der Waals surface area contributed by atoms with E-state index in [0.29, 0.717) is 12.0 Å². The van der Waals surface area contributed by atoms with Crippen LogP contribution in [-0.2, 0) is 9.53 Å². The van der Waals surface area contributed by atoms with E-state index < -0.39 is 0 Å². The maximum absolute atomic E-state index is 11.3. The van der Waals surface area contributed by atoms with Crippen LogP contribution in [0, 0.1) is 5.92 Å². The Hall–Kier alpha value is -0.570. The van der Waals surface area contributed by atoms with E-state index in [2.05, 4.69) is 26.1 Å². The van der Waals surface area contributed by atoms with Gasteiger partial charge in [-0.3, -0.25) is 4.79 Å². The maximum atomic E-state index is 11.3. The van der Waals surface area contributed by atoms with Gasteiger partial charge in [-0.1, -0.05) is 13.8 Å². The minimum atomic E-state index is -0.389. The molecule has 0 heterocycles. The van der Waals surface area contributed by atoms with Crippen LogP contribution in [0.3, 0.4) is 0 Å². The van der Waals surface area contributed by atoms with Crippen molar-refractivity contribution < 1.29 is 9.53 Å². The van der Waals surface area contributed by atoms with Crippen LogP contribution < -0.4 is 5.32 Å². The van der Waals surface area contributed by atoms with E-state index in [9.17, 15) is 4.79 Å². The number of hydrogen-bond donors (Lipinski definition) is 1. The number of nitrogens with one attached hydrogen (secondary N) is 1. The molecule has 0 rings (SSSR count). The second kappa shape index (κ2) is 5.35. The smallest absolute Gasteiger partial charge is 0.320 e. The number of carbonyl (C=O) groups excluding carboxylic acids is 1. The van der Waals surface area contributed by atoms with Crippen molar-refractivity contribution in [1.29, 1.82) is 0 Å². The highest BCUT2D eigenvalue weighted by Gasteiger charge is 2.16. The first-order chi connectivity index (χ1) is 6.22. The molecule has 14 heavy (non-hydrogen) atoms. The summed E-state index contributed by atoms with van der Waals surface area (Å²) < 4.78 is 5.17. The Kier molecular flexibility index (Phi) is 5.13. The number of ether oxygens (including phenoxy) is 1. The summed E-state index contributed by atoms with van der Waals surface area (Å²) >= 11 is 0. The van der Waals surface area contributed by atoms with E-state index in [1.807, 2.05) is 20.8 Å². The van der Waals surface area contributed by atoms with Gasteiger partial charge in [0.05, 0.1) is 6.54 Å². The summed E-state index contributed by atoms with van der Waals surface area (Å²) in [5.41, 5.74) is -0.389. The van der Waals surface area contributed by atoms with Crippen molar-refractivity contribution in [2.75, 3.05) is 6.54 Å². The summed E-state index contributed by atoms with van der Waals surface area (Å²) in [6.45, 7) is 12.2. The molecule has 0 saturated carbocycles. The van der Waals surface area contributed by atoms with Crippen molar-refractivity contribution in [3.63, 3.8) is 0 Å². The molecule has 0 aromatic heterocycles. The maximum Gasteiger partial charge on any atom is 0.320 e. The highest BCUT2D eigenvalue weighted by atomic mass is 16.6. The predicted octanol–water partition coefficient (Wildman–Crippen LogP) is 1.96. The fraction of sp³-hybridized carbons (Fsp3) is 0.909. The molecule has 0 amide bonds. The summed E-state index contributed by atoms with van der Waals surface area (Å²) in [7, 11) is 0. The van der Waals surface area contributed by atoms with Crippen LogP contribution in [0.4, 0.5) is 0 Å². The largest absolute Gasteiger partial charge is 0.459 e. The van der Waals surface area contributed by atoms with Crippen molar-refractivity contribution in [2.45, 2.75) is 53.2 Å². The molecule has 0 aliphatic rings. The van der Waals surface area contributed by atoms with E-state index >= 15 is 0 Å². The molecular formula is C11H23NO2. The first-order valence-corrected chi connectivity index (χ1v) is 5.17. The molecule has 1 atom stereocenters. The van der Waals surface area contributed by atoms with Crippen molar-refractivity contribution in [1.82, 2.24) is 5.32 Å². The minimum absolute atomic E-state index is 0.190. The number of rotatable bonds is 4. The summed E-state index contributed by atoms with van der Waals surface area (Å²) in [4.78, 5) is 11.3. The quantitative estimate of drug-likeness (QED) is 0.707. The van der Waals surface area contributed by atoms with Crippen LogP contribution in [0.25, 0.3) is 0 Å². The molecule has 0 aromatic rings. The Bertz CT molecular complexity index is 182. The fourth-order valence-electron chi connectivity index (χ4n) is 0.858. The lowest BCUT2D eigenvalue weighted by Gasteiger charge is -2.21. The molecule has 0 bridgehead atoms. The lowest BCUT2D eigenvalue weighted by atomic mass is 10.1. The van der Waals surface area contributed by atoms with Crippen LogP contribution in [0.5, 0.6) is 0 Å². The van der Waals surface area contributed by atoms with Crippen molar-refractivity contribution in [3.8, 4) is 0 Å².